The van der Waals surface area contributed by atoms with Crippen molar-refractivity contribution in [3.8, 4) is 5.75 Å². The van der Waals surface area contributed by atoms with E-state index in [0.29, 0.717) is 16.3 Å². The molecule has 0 amide bonds. The first-order valence-corrected chi connectivity index (χ1v) is 5.85. The Bertz CT molecular complexity index is 578. The Hall–Kier alpha value is -1.81. The van der Waals surface area contributed by atoms with Gasteiger partial charge in [0.1, 0.15) is 12.3 Å². The summed E-state index contributed by atoms with van der Waals surface area (Å²) in [5.74, 6) is 0.632. The Labute approximate surface area is 110 Å². The number of carbonyl (C=O) groups excluding carboxylic acids is 1. The number of aromatic nitrogens is 2. The molecular weight excluding hydrogens is 252 g/mol. The van der Waals surface area contributed by atoms with Crippen molar-refractivity contribution in [1.29, 1.82) is 0 Å². The van der Waals surface area contributed by atoms with E-state index in [1.54, 1.807) is 36.1 Å². The van der Waals surface area contributed by atoms with Gasteiger partial charge in [-0.2, -0.15) is 5.10 Å². The number of hydrogen-bond donors (Lipinski definition) is 0. The first-order valence-electron chi connectivity index (χ1n) is 5.47. The van der Waals surface area contributed by atoms with E-state index in [1.165, 1.54) is 6.20 Å². The van der Waals surface area contributed by atoms with Crippen LogP contribution in [0.3, 0.4) is 0 Å². The summed E-state index contributed by atoms with van der Waals surface area (Å²) in [6.45, 7) is 2.00. The van der Waals surface area contributed by atoms with Crippen molar-refractivity contribution >= 4 is 17.4 Å². The maximum Gasteiger partial charge on any atom is 0.184 e. The summed E-state index contributed by atoms with van der Waals surface area (Å²) in [6.07, 6.45) is 1.54. The summed E-state index contributed by atoms with van der Waals surface area (Å²) in [7, 11) is 1.57. The number of nitrogens with zero attached hydrogens (tertiary/aromatic N) is 2. The van der Waals surface area contributed by atoms with Gasteiger partial charge in [0.2, 0.25) is 0 Å². The molecule has 0 aliphatic rings. The third-order valence-corrected chi connectivity index (χ3v) is 3.10. The van der Waals surface area contributed by atoms with Crippen LogP contribution in [-0.2, 0) is 6.54 Å². The van der Waals surface area contributed by atoms with Crippen LogP contribution in [0.25, 0.3) is 0 Å². The molecule has 0 saturated heterocycles. The molecule has 0 fully saturated rings. The van der Waals surface area contributed by atoms with Crippen LogP contribution in [0.5, 0.6) is 5.75 Å². The lowest BCUT2D eigenvalue weighted by Crippen LogP contribution is -2.12. The second kappa shape index (κ2) is 5.23. The highest BCUT2D eigenvalue weighted by Gasteiger charge is 2.11. The quantitative estimate of drug-likeness (QED) is 0.798. The third-order valence-electron chi connectivity index (χ3n) is 2.73. The molecule has 18 heavy (non-hydrogen) atoms. The van der Waals surface area contributed by atoms with Gasteiger partial charge in [-0.25, -0.2) is 0 Å². The van der Waals surface area contributed by atoms with Crippen LogP contribution in [0.1, 0.15) is 16.1 Å². The van der Waals surface area contributed by atoms with Crippen molar-refractivity contribution in [2.75, 3.05) is 7.11 Å². The van der Waals surface area contributed by atoms with Crippen LogP contribution < -0.4 is 4.74 Å². The minimum Gasteiger partial charge on any atom is -0.497 e. The molecule has 1 heterocycles. The zero-order valence-electron chi connectivity index (χ0n) is 10.2. The number of benzene rings is 1. The standard InChI is InChI=1S/C13H13ClN2O2/c1-9-12(14)7-15-16(9)8-13(17)10-4-3-5-11(6-10)18-2/h3-7H,8H2,1-2H3. The van der Waals surface area contributed by atoms with Gasteiger partial charge in [0.25, 0.3) is 0 Å². The van der Waals surface area contributed by atoms with Gasteiger partial charge >= 0.3 is 0 Å². The van der Waals surface area contributed by atoms with E-state index in [1.807, 2.05) is 6.92 Å². The topological polar surface area (TPSA) is 44.1 Å². The van der Waals surface area contributed by atoms with Gasteiger partial charge in [-0.05, 0) is 19.1 Å². The van der Waals surface area contributed by atoms with Gasteiger partial charge < -0.3 is 4.74 Å². The molecule has 0 spiro atoms. The molecule has 0 bridgehead atoms. The molecule has 0 N–H and O–H groups in total. The van der Waals surface area contributed by atoms with Crippen LogP contribution in [0.4, 0.5) is 0 Å². The Morgan fingerprint density at radius 2 is 2.28 bits per heavy atom. The molecule has 0 atom stereocenters. The molecule has 2 aromatic rings. The molecule has 5 heteroatoms. The minimum atomic E-state index is -0.0308. The molecule has 0 radical (unpaired) electrons. The van der Waals surface area contributed by atoms with Crippen molar-refractivity contribution in [2.24, 2.45) is 0 Å². The van der Waals surface area contributed by atoms with Crippen molar-refractivity contribution in [3.63, 3.8) is 0 Å². The highest BCUT2D eigenvalue weighted by Crippen LogP contribution is 2.16. The maximum absolute atomic E-state index is 12.1. The van der Waals surface area contributed by atoms with E-state index in [2.05, 4.69) is 5.10 Å². The Kier molecular flexibility index (Phi) is 3.67. The monoisotopic (exact) mass is 264 g/mol. The molecular formula is C13H13ClN2O2. The smallest absolute Gasteiger partial charge is 0.184 e. The maximum atomic E-state index is 12.1. The fraction of sp³-hybridized carbons (Fsp3) is 0.231. The predicted molar refractivity (Wildman–Crippen MR) is 69.3 cm³/mol. The van der Waals surface area contributed by atoms with E-state index in [9.17, 15) is 4.79 Å². The lowest BCUT2D eigenvalue weighted by molar-refractivity contribution is 0.0966. The first-order chi connectivity index (χ1) is 8.61. The zero-order valence-corrected chi connectivity index (χ0v) is 10.9. The van der Waals surface area contributed by atoms with Crippen LogP contribution >= 0.6 is 11.6 Å². The highest BCUT2D eigenvalue weighted by molar-refractivity contribution is 6.31. The van der Waals surface area contributed by atoms with E-state index in [0.717, 1.165) is 5.69 Å². The van der Waals surface area contributed by atoms with Crippen LogP contribution in [0.15, 0.2) is 30.5 Å². The number of rotatable bonds is 4. The SMILES string of the molecule is COc1cccc(C(=O)Cn2ncc(Cl)c2C)c1. The molecule has 4 nitrogen and oxygen atoms in total. The largest absolute Gasteiger partial charge is 0.497 e. The first kappa shape index (κ1) is 12.6. The number of Topliss-reactive ketones (excluding diaryl/α,β-unsaturated/α-hetero) is 1. The van der Waals surface area contributed by atoms with Gasteiger partial charge in [0.15, 0.2) is 5.78 Å². The van der Waals surface area contributed by atoms with Gasteiger partial charge in [0.05, 0.1) is 24.0 Å². The van der Waals surface area contributed by atoms with Crippen molar-refractivity contribution in [1.82, 2.24) is 9.78 Å². The zero-order chi connectivity index (χ0) is 13.1. The van der Waals surface area contributed by atoms with Crippen LogP contribution in [0, 0.1) is 6.92 Å². The second-order valence-electron chi connectivity index (χ2n) is 3.89. The molecule has 0 aliphatic heterocycles. The average Bonchev–Trinajstić information content (AvgIpc) is 2.71. The molecule has 1 aromatic heterocycles. The fourth-order valence-electron chi connectivity index (χ4n) is 1.61. The van der Waals surface area contributed by atoms with Crippen molar-refractivity contribution in [2.45, 2.75) is 13.5 Å². The normalized spacial score (nSPS) is 10.4. The Morgan fingerprint density at radius 3 is 2.89 bits per heavy atom. The van der Waals surface area contributed by atoms with E-state index >= 15 is 0 Å². The van der Waals surface area contributed by atoms with E-state index in [4.69, 9.17) is 16.3 Å². The molecule has 0 aliphatic carbocycles. The molecule has 0 unspecified atom stereocenters. The second-order valence-corrected chi connectivity index (χ2v) is 4.30. The Balaban J connectivity index is 2.19. The average molecular weight is 265 g/mol. The number of methoxy groups -OCH3 is 1. The summed E-state index contributed by atoms with van der Waals surface area (Å²) < 4.78 is 6.67. The van der Waals surface area contributed by atoms with Crippen molar-refractivity contribution in [3.05, 3.63) is 46.7 Å². The van der Waals surface area contributed by atoms with Gasteiger partial charge in [-0.15, -0.1) is 0 Å². The van der Waals surface area contributed by atoms with Gasteiger partial charge in [-0.1, -0.05) is 23.7 Å². The van der Waals surface area contributed by atoms with Crippen LogP contribution in [0.2, 0.25) is 5.02 Å². The fourth-order valence-corrected chi connectivity index (χ4v) is 1.75. The number of carbonyl (C=O) groups is 1. The van der Waals surface area contributed by atoms with Crippen molar-refractivity contribution < 1.29 is 9.53 Å². The summed E-state index contributed by atoms with van der Waals surface area (Å²) in [5, 5.41) is 4.62. The van der Waals surface area contributed by atoms with Crippen LogP contribution in [-0.4, -0.2) is 22.7 Å². The molecule has 2 rings (SSSR count). The van der Waals surface area contributed by atoms with Gasteiger partial charge in [-0.3, -0.25) is 9.48 Å². The molecule has 1 aromatic carbocycles. The number of ether oxygens (including phenoxy) is 1. The lowest BCUT2D eigenvalue weighted by Gasteiger charge is -2.05. The predicted octanol–water partition coefficient (Wildman–Crippen LogP) is 2.74. The number of hydrogen-bond acceptors (Lipinski definition) is 3. The number of halogens is 1. The van der Waals surface area contributed by atoms with Gasteiger partial charge in [0, 0.05) is 5.56 Å². The lowest BCUT2D eigenvalue weighted by atomic mass is 10.1. The summed E-state index contributed by atoms with van der Waals surface area (Å²) in [4.78, 5) is 12.1. The third kappa shape index (κ3) is 2.54. The Morgan fingerprint density at radius 1 is 1.50 bits per heavy atom. The number of ketones is 1. The molecule has 94 valence electrons. The summed E-state index contributed by atoms with van der Waals surface area (Å²) in [5.41, 5.74) is 1.38. The van der Waals surface area contributed by atoms with E-state index in [-0.39, 0.29) is 12.3 Å². The molecule has 0 saturated carbocycles. The summed E-state index contributed by atoms with van der Waals surface area (Å²) in [6, 6.07) is 7.05. The van der Waals surface area contributed by atoms with E-state index < -0.39 is 0 Å². The summed E-state index contributed by atoms with van der Waals surface area (Å²) >= 11 is 5.89. The highest BCUT2D eigenvalue weighted by atomic mass is 35.5. The minimum absolute atomic E-state index is 0.0308.